The minimum Gasteiger partial charge on any atom is -0.373 e. The highest BCUT2D eigenvalue weighted by atomic mass is 16.5. The van der Waals surface area contributed by atoms with Gasteiger partial charge in [-0.15, -0.1) is 0 Å². The average Bonchev–Trinajstić information content (AvgIpc) is 2.75. The lowest BCUT2D eigenvalue weighted by Gasteiger charge is -2.23. The molecule has 0 spiro atoms. The van der Waals surface area contributed by atoms with Gasteiger partial charge in [-0.25, -0.2) is 0 Å². The predicted molar refractivity (Wildman–Crippen MR) is 62.2 cm³/mol. The molecule has 1 amide bonds. The van der Waals surface area contributed by atoms with Gasteiger partial charge in [-0.2, -0.15) is 0 Å². The van der Waals surface area contributed by atoms with Crippen LogP contribution in [0.5, 0.6) is 0 Å². The summed E-state index contributed by atoms with van der Waals surface area (Å²) in [4.78, 5) is 11.7. The summed E-state index contributed by atoms with van der Waals surface area (Å²) in [6, 6.07) is 0.244. The molecule has 0 aromatic heterocycles. The molecular formula is C12H22N2O2. The van der Waals surface area contributed by atoms with E-state index in [-0.39, 0.29) is 23.6 Å². The highest BCUT2D eigenvalue weighted by molar-refractivity contribution is 5.78. The van der Waals surface area contributed by atoms with Gasteiger partial charge in [0.05, 0.1) is 24.8 Å². The van der Waals surface area contributed by atoms with Crippen molar-refractivity contribution in [1.82, 2.24) is 10.6 Å². The van der Waals surface area contributed by atoms with Crippen LogP contribution in [0.2, 0.25) is 0 Å². The van der Waals surface area contributed by atoms with E-state index in [1.807, 2.05) is 0 Å². The predicted octanol–water partition coefficient (Wildman–Crippen LogP) is 0.811. The molecule has 2 N–H and O–H groups in total. The van der Waals surface area contributed by atoms with Crippen LogP contribution >= 0.6 is 0 Å². The van der Waals surface area contributed by atoms with Crippen molar-refractivity contribution < 1.29 is 9.53 Å². The number of amides is 1. The summed E-state index contributed by atoms with van der Waals surface area (Å²) >= 11 is 0. The molecule has 4 heteroatoms. The summed E-state index contributed by atoms with van der Waals surface area (Å²) in [5.74, 6) is 0.0797. The number of carbonyl (C=O) groups is 1. The first kappa shape index (κ1) is 11.9. The van der Waals surface area contributed by atoms with Gasteiger partial charge in [0.1, 0.15) is 0 Å². The summed E-state index contributed by atoms with van der Waals surface area (Å²) in [6.45, 7) is 6.56. The van der Waals surface area contributed by atoms with E-state index in [0.29, 0.717) is 12.6 Å². The van der Waals surface area contributed by atoms with Crippen LogP contribution < -0.4 is 10.6 Å². The molecule has 2 heterocycles. The first-order valence-corrected chi connectivity index (χ1v) is 6.14. The summed E-state index contributed by atoms with van der Waals surface area (Å²) in [6.07, 6.45) is 3.92. The van der Waals surface area contributed by atoms with Crippen LogP contribution in [0.15, 0.2) is 0 Å². The Morgan fingerprint density at radius 2 is 2.12 bits per heavy atom. The lowest BCUT2D eigenvalue weighted by Crippen LogP contribution is -2.48. The first-order chi connectivity index (χ1) is 7.44. The fraction of sp³-hybridized carbons (Fsp3) is 0.917. The Balaban J connectivity index is 1.72. The normalized spacial score (nSPS) is 33.1. The highest BCUT2D eigenvalue weighted by Gasteiger charge is 2.41. The van der Waals surface area contributed by atoms with Crippen LogP contribution in [-0.4, -0.2) is 36.2 Å². The van der Waals surface area contributed by atoms with Gasteiger partial charge >= 0.3 is 0 Å². The topological polar surface area (TPSA) is 50.4 Å². The van der Waals surface area contributed by atoms with Crippen molar-refractivity contribution in [2.45, 2.75) is 63.8 Å². The quantitative estimate of drug-likeness (QED) is 0.749. The highest BCUT2D eigenvalue weighted by Crippen LogP contribution is 2.34. The lowest BCUT2D eigenvalue weighted by atomic mass is 9.95. The molecule has 2 aliphatic rings. The smallest absolute Gasteiger partial charge is 0.234 e. The second kappa shape index (κ2) is 4.34. The largest absolute Gasteiger partial charge is 0.373 e. The van der Waals surface area contributed by atoms with Crippen molar-refractivity contribution in [3.63, 3.8) is 0 Å². The zero-order chi connectivity index (χ0) is 11.8. The Labute approximate surface area is 97.1 Å². The van der Waals surface area contributed by atoms with Gasteiger partial charge in [-0.05, 0) is 40.0 Å². The van der Waals surface area contributed by atoms with Gasteiger partial charge in [0.2, 0.25) is 5.91 Å². The number of fused-ring (bicyclic) bond motifs is 2. The minimum atomic E-state index is -0.0114. The molecule has 0 saturated carbocycles. The third-order valence-electron chi connectivity index (χ3n) is 3.23. The van der Waals surface area contributed by atoms with Crippen molar-refractivity contribution in [1.29, 1.82) is 0 Å². The minimum absolute atomic E-state index is 0.0114. The van der Waals surface area contributed by atoms with Gasteiger partial charge < -0.3 is 15.4 Å². The molecule has 0 aromatic carbocycles. The van der Waals surface area contributed by atoms with E-state index in [1.165, 1.54) is 0 Å². The van der Waals surface area contributed by atoms with E-state index in [9.17, 15) is 4.79 Å². The molecule has 0 aliphatic carbocycles. The van der Waals surface area contributed by atoms with Crippen LogP contribution in [-0.2, 0) is 9.53 Å². The number of hydrogen-bond acceptors (Lipinski definition) is 3. The van der Waals surface area contributed by atoms with Gasteiger partial charge in [-0.3, -0.25) is 4.79 Å². The fourth-order valence-electron chi connectivity index (χ4n) is 2.39. The van der Waals surface area contributed by atoms with Crippen LogP contribution in [0.1, 0.15) is 40.0 Å². The second-order valence-corrected chi connectivity index (χ2v) is 5.89. The van der Waals surface area contributed by atoms with Crippen molar-refractivity contribution >= 4 is 5.91 Å². The third-order valence-corrected chi connectivity index (χ3v) is 3.23. The van der Waals surface area contributed by atoms with E-state index in [1.54, 1.807) is 0 Å². The van der Waals surface area contributed by atoms with Crippen LogP contribution in [0.3, 0.4) is 0 Å². The zero-order valence-corrected chi connectivity index (χ0v) is 10.4. The third kappa shape index (κ3) is 2.95. The molecule has 0 aromatic rings. The molecular weight excluding hydrogens is 204 g/mol. The molecule has 2 saturated heterocycles. The summed E-state index contributed by atoms with van der Waals surface area (Å²) in [5.41, 5.74) is -0.0114. The molecule has 2 bridgehead atoms. The Hall–Kier alpha value is -0.610. The number of ether oxygens (including phenoxy) is 1. The SMILES string of the molecule is CC(C)(C)NCC(=O)NC1CC2CCC1O2. The fourth-order valence-corrected chi connectivity index (χ4v) is 2.39. The molecule has 3 atom stereocenters. The Morgan fingerprint density at radius 1 is 1.38 bits per heavy atom. The maximum atomic E-state index is 11.7. The molecule has 3 unspecified atom stereocenters. The zero-order valence-electron chi connectivity index (χ0n) is 10.4. The Bertz CT molecular complexity index is 273. The van der Waals surface area contributed by atoms with E-state index < -0.39 is 0 Å². The summed E-state index contributed by atoms with van der Waals surface area (Å²) < 4.78 is 5.70. The molecule has 2 rings (SSSR count). The second-order valence-electron chi connectivity index (χ2n) is 5.89. The lowest BCUT2D eigenvalue weighted by molar-refractivity contribution is -0.121. The molecule has 92 valence electrons. The summed E-state index contributed by atoms with van der Waals surface area (Å²) in [7, 11) is 0. The van der Waals surface area contributed by atoms with E-state index >= 15 is 0 Å². The van der Waals surface area contributed by atoms with Crippen LogP contribution in [0.4, 0.5) is 0 Å². The standard InChI is InChI=1S/C12H22N2O2/c1-12(2,3)13-7-11(15)14-9-6-8-4-5-10(9)16-8/h8-10,13H,4-7H2,1-3H3,(H,14,15). The average molecular weight is 226 g/mol. The molecule has 0 radical (unpaired) electrons. The Morgan fingerprint density at radius 3 is 2.62 bits per heavy atom. The number of nitrogens with one attached hydrogen (secondary N) is 2. The van der Waals surface area contributed by atoms with Gasteiger partial charge in [-0.1, -0.05) is 0 Å². The van der Waals surface area contributed by atoms with Crippen molar-refractivity contribution in [2.24, 2.45) is 0 Å². The molecule has 4 nitrogen and oxygen atoms in total. The molecule has 16 heavy (non-hydrogen) atoms. The molecule has 2 fully saturated rings. The summed E-state index contributed by atoms with van der Waals surface area (Å²) in [5, 5.41) is 6.24. The van der Waals surface area contributed by atoms with Gasteiger partial charge in [0.15, 0.2) is 0 Å². The maximum absolute atomic E-state index is 11.7. The van der Waals surface area contributed by atoms with Gasteiger partial charge in [0, 0.05) is 5.54 Å². The van der Waals surface area contributed by atoms with Crippen molar-refractivity contribution in [3.05, 3.63) is 0 Å². The number of hydrogen-bond donors (Lipinski definition) is 2. The van der Waals surface area contributed by atoms with Crippen LogP contribution in [0, 0.1) is 0 Å². The van der Waals surface area contributed by atoms with Crippen LogP contribution in [0.25, 0.3) is 0 Å². The van der Waals surface area contributed by atoms with Crippen molar-refractivity contribution in [3.8, 4) is 0 Å². The van der Waals surface area contributed by atoms with E-state index in [4.69, 9.17) is 4.74 Å². The molecule has 2 aliphatic heterocycles. The number of rotatable bonds is 3. The number of carbonyl (C=O) groups excluding carboxylic acids is 1. The maximum Gasteiger partial charge on any atom is 0.234 e. The monoisotopic (exact) mass is 226 g/mol. The van der Waals surface area contributed by atoms with E-state index in [2.05, 4.69) is 31.4 Å². The van der Waals surface area contributed by atoms with Crippen molar-refractivity contribution in [2.75, 3.05) is 6.54 Å². The Kier molecular flexibility index (Phi) is 3.22. The van der Waals surface area contributed by atoms with Gasteiger partial charge in [0.25, 0.3) is 0 Å². The van der Waals surface area contributed by atoms with E-state index in [0.717, 1.165) is 19.3 Å². The first-order valence-electron chi connectivity index (χ1n) is 6.14.